The van der Waals surface area contributed by atoms with Crippen LogP contribution in [0.25, 0.3) is 0 Å². The average Bonchev–Trinajstić information content (AvgIpc) is 2.24. The first-order valence-electron chi connectivity index (χ1n) is 4.27. The SMILES string of the molecule is NC(=O)C#Cc1c([N+](=O)[O-])cccc1S(=O)(=O)Cl. The number of carbonyl (C=O) groups is 1. The fourth-order valence-corrected chi connectivity index (χ4v) is 2.15. The summed E-state index contributed by atoms with van der Waals surface area (Å²) in [7, 11) is 0.897. The zero-order valence-corrected chi connectivity index (χ0v) is 10.2. The molecular weight excluding hydrogens is 284 g/mol. The third-order valence-corrected chi connectivity index (χ3v) is 3.14. The zero-order valence-electron chi connectivity index (χ0n) is 8.58. The van der Waals surface area contributed by atoms with Crippen LogP contribution < -0.4 is 5.73 Å². The van der Waals surface area contributed by atoms with Crippen molar-refractivity contribution < 1.29 is 18.1 Å². The van der Waals surface area contributed by atoms with Gasteiger partial charge >= 0.3 is 0 Å². The van der Waals surface area contributed by atoms with Gasteiger partial charge in [0.05, 0.1) is 4.92 Å². The molecule has 0 saturated heterocycles. The second kappa shape index (κ2) is 5.03. The van der Waals surface area contributed by atoms with Gasteiger partial charge in [-0.15, -0.1) is 0 Å². The van der Waals surface area contributed by atoms with Crippen LogP contribution in [-0.4, -0.2) is 19.2 Å². The number of nitrogens with zero attached hydrogens (tertiary/aromatic N) is 1. The Bertz CT molecular complexity index is 687. The quantitative estimate of drug-likeness (QED) is 0.364. The number of primary amides is 1. The van der Waals surface area contributed by atoms with Gasteiger partial charge in [0.2, 0.25) is 0 Å². The zero-order chi connectivity index (χ0) is 13.9. The Morgan fingerprint density at radius 2 is 2.06 bits per heavy atom. The summed E-state index contributed by atoms with van der Waals surface area (Å²) in [5.41, 5.74) is 3.71. The van der Waals surface area contributed by atoms with E-state index < -0.39 is 36.0 Å². The molecule has 9 heteroatoms. The Morgan fingerprint density at radius 3 is 2.50 bits per heavy atom. The number of hydrogen-bond donors (Lipinski definition) is 1. The van der Waals surface area contributed by atoms with Crippen LogP contribution in [0, 0.1) is 22.0 Å². The highest BCUT2D eigenvalue weighted by molar-refractivity contribution is 8.13. The first-order chi connectivity index (χ1) is 8.23. The Kier molecular flexibility index (Phi) is 3.90. The topological polar surface area (TPSA) is 120 Å². The van der Waals surface area contributed by atoms with Crippen molar-refractivity contribution in [2.75, 3.05) is 0 Å². The predicted octanol–water partition coefficient (Wildman–Crippen LogP) is 0.359. The second-order valence-corrected chi connectivity index (χ2v) is 5.49. The van der Waals surface area contributed by atoms with Crippen LogP contribution in [0.2, 0.25) is 0 Å². The maximum absolute atomic E-state index is 11.2. The van der Waals surface area contributed by atoms with E-state index in [1.807, 2.05) is 11.8 Å². The Morgan fingerprint density at radius 1 is 1.44 bits per heavy atom. The Hall–Kier alpha value is -2.11. The smallest absolute Gasteiger partial charge is 0.293 e. The lowest BCUT2D eigenvalue weighted by atomic mass is 10.2. The molecule has 0 aliphatic rings. The van der Waals surface area contributed by atoms with Crippen LogP contribution in [0.3, 0.4) is 0 Å². The van der Waals surface area contributed by atoms with E-state index in [2.05, 4.69) is 0 Å². The Labute approximate surface area is 106 Å². The molecule has 7 nitrogen and oxygen atoms in total. The van der Waals surface area contributed by atoms with E-state index in [0.29, 0.717) is 0 Å². The van der Waals surface area contributed by atoms with Gasteiger partial charge in [-0.1, -0.05) is 6.07 Å². The molecule has 0 aliphatic carbocycles. The van der Waals surface area contributed by atoms with Gasteiger partial charge < -0.3 is 5.73 Å². The third-order valence-electron chi connectivity index (χ3n) is 1.77. The van der Waals surface area contributed by atoms with Crippen molar-refractivity contribution in [2.24, 2.45) is 5.73 Å². The minimum absolute atomic E-state index is 0.476. The molecule has 0 heterocycles. The van der Waals surface area contributed by atoms with E-state index in [4.69, 9.17) is 16.4 Å². The Balaban J connectivity index is 3.67. The van der Waals surface area contributed by atoms with Gasteiger partial charge in [0, 0.05) is 22.7 Å². The van der Waals surface area contributed by atoms with E-state index in [0.717, 1.165) is 18.2 Å². The van der Waals surface area contributed by atoms with Crippen LogP contribution in [0.5, 0.6) is 0 Å². The summed E-state index contributed by atoms with van der Waals surface area (Å²) in [5, 5.41) is 10.7. The minimum Gasteiger partial charge on any atom is -0.359 e. The highest BCUT2D eigenvalue weighted by atomic mass is 35.7. The summed E-state index contributed by atoms with van der Waals surface area (Å²) in [4.78, 5) is 19.9. The second-order valence-electron chi connectivity index (χ2n) is 2.96. The predicted molar refractivity (Wildman–Crippen MR) is 62.2 cm³/mol. The van der Waals surface area contributed by atoms with Gasteiger partial charge in [-0.3, -0.25) is 14.9 Å². The number of benzene rings is 1. The molecule has 1 amide bonds. The lowest BCUT2D eigenvalue weighted by Crippen LogP contribution is -2.07. The fraction of sp³-hybridized carbons (Fsp3) is 0. The molecule has 0 radical (unpaired) electrons. The highest BCUT2D eigenvalue weighted by Gasteiger charge is 2.23. The van der Waals surface area contributed by atoms with Crippen LogP contribution in [0.1, 0.15) is 5.56 Å². The summed E-state index contributed by atoms with van der Waals surface area (Å²) >= 11 is 0. The van der Waals surface area contributed by atoms with Gasteiger partial charge in [0.1, 0.15) is 10.5 Å². The molecule has 0 aliphatic heterocycles. The van der Waals surface area contributed by atoms with Crippen LogP contribution in [0.4, 0.5) is 5.69 Å². The molecule has 0 fully saturated rings. The average molecular weight is 289 g/mol. The number of nitro benzene ring substituents is 1. The summed E-state index contributed by atoms with van der Waals surface area (Å²) < 4.78 is 22.5. The van der Waals surface area contributed by atoms with Crippen molar-refractivity contribution in [3.63, 3.8) is 0 Å². The van der Waals surface area contributed by atoms with Crippen molar-refractivity contribution >= 4 is 31.3 Å². The molecule has 0 aromatic heterocycles. The maximum atomic E-state index is 11.2. The molecule has 0 unspecified atom stereocenters. The summed E-state index contributed by atoms with van der Waals surface area (Å²) in [6.45, 7) is 0. The molecule has 94 valence electrons. The standard InChI is InChI=1S/C9H5ClN2O5S/c10-18(16,17)8-3-1-2-7(12(14)15)6(8)4-5-9(11)13/h1-3H,(H2,11,13). The van der Waals surface area contributed by atoms with Crippen LogP contribution >= 0.6 is 10.7 Å². The van der Waals surface area contributed by atoms with Crippen molar-refractivity contribution in [1.82, 2.24) is 0 Å². The number of amides is 1. The highest BCUT2D eigenvalue weighted by Crippen LogP contribution is 2.27. The fourth-order valence-electron chi connectivity index (χ4n) is 1.12. The number of nitrogens with two attached hydrogens (primary N) is 1. The van der Waals surface area contributed by atoms with Crippen molar-refractivity contribution in [3.05, 3.63) is 33.9 Å². The molecule has 0 bridgehead atoms. The molecule has 0 spiro atoms. The molecule has 0 atom stereocenters. The molecular formula is C9H5ClN2O5S. The molecule has 0 saturated carbocycles. The first kappa shape index (κ1) is 14.0. The lowest BCUT2D eigenvalue weighted by Gasteiger charge is -2.01. The molecule has 1 aromatic carbocycles. The van der Waals surface area contributed by atoms with Crippen molar-refractivity contribution in [2.45, 2.75) is 4.90 Å². The van der Waals surface area contributed by atoms with Crippen LogP contribution in [0.15, 0.2) is 23.1 Å². The summed E-state index contributed by atoms with van der Waals surface area (Å²) in [6, 6.07) is 3.22. The van der Waals surface area contributed by atoms with E-state index in [-0.39, 0.29) is 0 Å². The first-order valence-corrected chi connectivity index (χ1v) is 6.58. The molecule has 1 aromatic rings. The maximum Gasteiger partial charge on any atom is 0.293 e. The van der Waals surface area contributed by atoms with Crippen molar-refractivity contribution in [3.8, 4) is 11.8 Å². The van der Waals surface area contributed by atoms with Crippen molar-refractivity contribution in [1.29, 1.82) is 0 Å². The number of rotatable bonds is 2. The number of halogens is 1. The van der Waals surface area contributed by atoms with E-state index in [9.17, 15) is 23.3 Å². The third kappa shape index (κ3) is 3.19. The van der Waals surface area contributed by atoms with E-state index >= 15 is 0 Å². The summed E-state index contributed by atoms with van der Waals surface area (Å²) in [6.07, 6.45) is 0. The van der Waals surface area contributed by atoms with E-state index in [1.54, 1.807) is 0 Å². The summed E-state index contributed by atoms with van der Waals surface area (Å²) in [5.74, 6) is 2.82. The van der Waals surface area contributed by atoms with Gasteiger partial charge in [-0.05, 0) is 12.0 Å². The monoisotopic (exact) mass is 288 g/mol. The van der Waals surface area contributed by atoms with Gasteiger partial charge in [0.15, 0.2) is 0 Å². The normalized spacial score (nSPS) is 10.3. The number of nitro groups is 1. The lowest BCUT2D eigenvalue weighted by molar-refractivity contribution is -0.385. The van der Waals surface area contributed by atoms with E-state index in [1.165, 1.54) is 0 Å². The molecule has 18 heavy (non-hydrogen) atoms. The van der Waals surface area contributed by atoms with Gasteiger partial charge in [-0.2, -0.15) is 0 Å². The number of hydrogen-bond acceptors (Lipinski definition) is 5. The molecule has 1 rings (SSSR count). The van der Waals surface area contributed by atoms with Gasteiger partial charge in [0.25, 0.3) is 20.6 Å². The molecule has 2 N–H and O–H groups in total. The van der Waals surface area contributed by atoms with Gasteiger partial charge in [-0.25, -0.2) is 8.42 Å². The van der Waals surface area contributed by atoms with Crippen LogP contribution in [-0.2, 0) is 13.8 Å². The number of carbonyl (C=O) groups excluding carboxylic acids is 1. The minimum atomic E-state index is -4.22. The largest absolute Gasteiger partial charge is 0.359 e.